The molecule has 1 heterocycles. The van der Waals surface area contributed by atoms with Crippen LogP contribution in [-0.4, -0.2) is 12.6 Å². The van der Waals surface area contributed by atoms with E-state index in [1.165, 1.54) is 70.4 Å². The van der Waals surface area contributed by atoms with Gasteiger partial charge in [-0.2, -0.15) is 0 Å². The summed E-state index contributed by atoms with van der Waals surface area (Å²) < 4.78 is 2.47. The van der Waals surface area contributed by atoms with Crippen LogP contribution in [0.2, 0.25) is 0 Å². The molecule has 2 heteroatoms. The van der Waals surface area contributed by atoms with Crippen molar-refractivity contribution in [1.29, 1.82) is 0 Å². The fourth-order valence-electron chi connectivity index (χ4n) is 9.55. The number of fused-ring (bicyclic) bond motifs is 5. The van der Waals surface area contributed by atoms with Gasteiger partial charge in [0, 0.05) is 22.0 Å². The molecule has 0 aliphatic heterocycles. The number of hydrogen-bond donors (Lipinski definition) is 0. The Balaban J connectivity index is 1.22. The molecule has 62 heavy (non-hydrogen) atoms. The number of hydrogen-bond acceptors (Lipinski definition) is 0. The second-order valence-corrected chi connectivity index (χ2v) is 22.3. The van der Waals surface area contributed by atoms with Crippen molar-refractivity contribution in [2.24, 2.45) is 0 Å². The lowest BCUT2D eigenvalue weighted by Gasteiger charge is -2.28. The predicted octanol–water partition coefficient (Wildman–Crippen LogP) is 13.4. The molecule has 1 aromatic heterocycles. The highest BCUT2D eigenvalue weighted by Gasteiger charge is 2.38. The van der Waals surface area contributed by atoms with Crippen molar-refractivity contribution >= 4 is 67.0 Å². The molecule has 0 aliphatic rings. The highest BCUT2D eigenvalue weighted by Crippen LogP contribution is 2.42. The molecule has 0 saturated carbocycles. The maximum atomic E-state index is 4.12. The van der Waals surface area contributed by atoms with Crippen molar-refractivity contribution in [2.75, 3.05) is 0 Å². The predicted molar refractivity (Wildman–Crippen MR) is 269 cm³/mol. The Kier molecular flexibility index (Phi) is 9.62. The van der Waals surface area contributed by atoms with E-state index in [-0.39, 0.29) is 10.8 Å². The normalized spacial score (nSPS) is 12.2. The van der Waals surface area contributed by atoms with Gasteiger partial charge in [0.2, 0.25) is 8.07 Å². The minimum absolute atomic E-state index is 0.0388. The van der Waals surface area contributed by atoms with E-state index in [9.17, 15) is 0 Å². The van der Waals surface area contributed by atoms with E-state index in [0.717, 1.165) is 22.0 Å². The third-order valence-electron chi connectivity index (χ3n) is 12.8. The summed E-state index contributed by atoms with van der Waals surface area (Å²) in [5, 5.41) is 11.2. The molecule has 300 valence electrons. The zero-order chi connectivity index (χ0) is 42.6. The average molecular weight is 814 g/mol. The topological polar surface area (TPSA) is 4.93 Å². The molecule has 10 aromatic rings. The molecule has 0 N–H and O–H groups in total. The van der Waals surface area contributed by atoms with Crippen molar-refractivity contribution in [1.82, 2.24) is 4.57 Å². The maximum Gasteiger partial charge on any atom is 0.230 e. The summed E-state index contributed by atoms with van der Waals surface area (Å²) in [5.74, 6) is 3.96. The van der Waals surface area contributed by atoms with Crippen LogP contribution in [0.1, 0.15) is 58.2 Å². The maximum absolute atomic E-state index is 4.12. The van der Waals surface area contributed by atoms with Crippen LogP contribution in [0, 0.1) is 11.5 Å². The number of rotatable bonds is 5. The molecule has 0 saturated heterocycles. The zero-order valence-corrected chi connectivity index (χ0v) is 37.5. The summed E-state index contributed by atoms with van der Waals surface area (Å²) in [7, 11) is -2.83. The zero-order valence-electron chi connectivity index (χ0n) is 36.5. The molecule has 0 atom stereocenters. The van der Waals surface area contributed by atoms with Crippen LogP contribution in [0.15, 0.2) is 200 Å². The van der Waals surface area contributed by atoms with Gasteiger partial charge in [0.25, 0.3) is 0 Å². The molecule has 0 aliphatic carbocycles. The van der Waals surface area contributed by atoms with Crippen molar-refractivity contribution in [3.05, 3.63) is 217 Å². The second-order valence-electron chi connectivity index (χ2n) is 18.8. The largest absolute Gasteiger partial charge is 0.309 e. The van der Waals surface area contributed by atoms with Gasteiger partial charge in [0.15, 0.2) is 0 Å². The van der Waals surface area contributed by atoms with Crippen LogP contribution in [0.25, 0.3) is 60.2 Å². The standard InChI is InChI=1S/C60H51NSi/c1-59(2,3)43-33-35-56-54(40-43)55-41-44(60(4,5)6)34-36-57(55)61(56)45-22-20-21-42(39-45)58-52-31-18-16-29-49(52)51(50-30-17-19-32-53(50)58)37-38-62(46-23-10-7-11-24-46,47-25-12-8-13-26-47)48-27-14-9-15-28-48/h7-36,39-41H,1-6H3. The first-order valence-corrected chi connectivity index (χ1v) is 23.9. The minimum Gasteiger partial charge on any atom is -0.309 e. The summed E-state index contributed by atoms with van der Waals surface area (Å²) in [6.07, 6.45) is 0. The summed E-state index contributed by atoms with van der Waals surface area (Å²) in [6.45, 7) is 13.8. The van der Waals surface area contributed by atoms with E-state index in [1.807, 2.05) is 0 Å². The average Bonchev–Trinajstić information content (AvgIpc) is 3.63. The van der Waals surface area contributed by atoms with Gasteiger partial charge in [-0.05, 0) is 107 Å². The lowest BCUT2D eigenvalue weighted by Crippen LogP contribution is -2.66. The van der Waals surface area contributed by atoms with Gasteiger partial charge in [-0.3, -0.25) is 0 Å². The SMILES string of the molecule is CC(C)(C)c1ccc2c(c1)c1cc(C(C)(C)C)ccc1n2-c1cccc(-c2c3ccccc3c(C#C[Si](c3ccccc3)(c3ccccc3)c3ccccc3)c3ccccc23)c1. The Hall–Kier alpha value is -6.92. The van der Waals surface area contributed by atoms with Gasteiger partial charge in [-0.1, -0.05) is 211 Å². The number of aromatic nitrogens is 1. The lowest BCUT2D eigenvalue weighted by molar-refractivity contribution is 0.590. The Bertz CT molecular complexity index is 3130. The lowest BCUT2D eigenvalue weighted by atomic mass is 9.85. The van der Waals surface area contributed by atoms with E-state index >= 15 is 0 Å². The highest BCUT2D eigenvalue weighted by atomic mass is 28.3. The van der Waals surface area contributed by atoms with E-state index in [1.54, 1.807) is 0 Å². The van der Waals surface area contributed by atoms with E-state index in [4.69, 9.17) is 0 Å². The first-order chi connectivity index (χ1) is 30.0. The van der Waals surface area contributed by atoms with Crippen LogP contribution in [0.3, 0.4) is 0 Å². The van der Waals surface area contributed by atoms with E-state index in [0.29, 0.717) is 0 Å². The Morgan fingerprint density at radius 3 is 1.24 bits per heavy atom. The molecule has 1 nitrogen and oxygen atoms in total. The monoisotopic (exact) mass is 813 g/mol. The quantitative estimate of drug-likeness (QED) is 0.0706. The highest BCUT2D eigenvalue weighted by molar-refractivity contribution is 7.16. The van der Waals surface area contributed by atoms with Gasteiger partial charge in [0.05, 0.1) is 11.0 Å². The molecule has 9 aromatic carbocycles. The molecule has 0 spiro atoms. The summed E-state index contributed by atoms with van der Waals surface area (Å²) >= 11 is 0. The molecule has 0 unspecified atom stereocenters. The third kappa shape index (κ3) is 6.65. The summed E-state index contributed by atoms with van der Waals surface area (Å²) in [6, 6.07) is 74.0. The van der Waals surface area contributed by atoms with Crippen LogP contribution in [-0.2, 0) is 10.8 Å². The molecule has 0 bridgehead atoms. The molecule has 0 radical (unpaired) electrons. The first-order valence-electron chi connectivity index (χ1n) is 21.9. The van der Waals surface area contributed by atoms with Gasteiger partial charge in [-0.25, -0.2) is 0 Å². The van der Waals surface area contributed by atoms with E-state index in [2.05, 4.69) is 258 Å². The van der Waals surface area contributed by atoms with Crippen LogP contribution in [0.5, 0.6) is 0 Å². The Labute approximate surface area is 367 Å². The molecular formula is C60H51NSi. The molecule has 0 fully saturated rings. The van der Waals surface area contributed by atoms with Gasteiger partial charge >= 0.3 is 0 Å². The summed E-state index contributed by atoms with van der Waals surface area (Å²) in [5.41, 5.74) is 14.0. The Morgan fingerprint density at radius 1 is 0.387 bits per heavy atom. The molecular weight excluding hydrogens is 763 g/mol. The smallest absolute Gasteiger partial charge is 0.230 e. The fraction of sp³-hybridized carbons (Fsp3) is 0.133. The number of benzene rings is 9. The van der Waals surface area contributed by atoms with Crippen LogP contribution < -0.4 is 15.6 Å². The third-order valence-corrected chi connectivity index (χ3v) is 16.9. The second kappa shape index (κ2) is 15.2. The van der Waals surface area contributed by atoms with Crippen molar-refractivity contribution in [2.45, 2.75) is 52.4 Å². The van der Waals surface area contributed by atoms with Crippen LogP contribution in [0.4, 0.5) is 0 Å². The van der Waals surface area contributed by atoms with E-state index < -0.39 is 8.07 Å². The molecule has 0 amide bonds. The minimum atomic E-state index is -2.83. The van der Waals surface area contributed by atoms with Crippen LogP contribution >= 0.6 is 0 Å². The van der Waals surface area contributed by atoms with Gasteiger partial charge in [-0.15, -0.1) is 5.54 Å². The fourth-order valence-corrected chi connectivity index (χ4v) is 13.4. The van der Waals surface area contributed by atoms with Crippen molar-refractivity contribution in [3.8, 4) is 28.3 Å². The number of nitrogens with zero attached hydrogens (tertiary/aromatic N) is 1. The summed E-state index contributed by atoms with van der Waals surface area (Å²) in [4.78, 5) is 0. The van der Waals surface area contributed by atoms with Crippen molar-refractivity contribution < 1.29 is 0 Å². The van der Waals surface area contributed by atoms with Gasteiger partial charge < -0.3 is 4.57 Å². The van der Waals surface area contributed by atoms with Crippen molar-refractivity contribution in [3.63, 3.8) is 0 Å². The first kappa shape index (κ1) is 39.2. The molecule has 10 rings (SSSR count). The Morgan fingerprint density at radius 2 is 0.806 bits per heavy atom. The van der Waals surface area contributed by atoms with Gasteiger partial charge in [0.1, 0.15) is 0 Å².